The predicted molar refractivity (Wildman–Crippen MR) is 89.3 cm³/mol. The van der Waals surface area contributed by atoms with Crippen molar-refractivity contribution in [3.05, 3.63) is 35.4 Å². The van der Waals surface area contributed by atoms with Gasteiger partial charge in [-0.05, 0) is 38.8 Å². The van der Waals surface area contributed by atoms with E-state index in [0.29, 0.717) is 25.3 Å². The second-order valence-corrected chi connectivity index (χ2v) is 6.23. The van der Waals surface area contributed by atoms with Crippen LogP contribution >= 0.6 is 0 Å². The molecule has 1 saturated heterocycles. The quantitative estimate of drug-likeness (QED) is 0.845. The number of nitrogens with zero attached hydrogens (tertiary/aromatic N) is 1. The zero-order valence-corrected chi connectivity index (χ0v) is 14.2. The van der Waals surface area contributed by atoms with E-state index in [4.69, 9.17) is 4.74 Å². The molecule has 1 N–H and O–H groups in total. The molecule has 5 heteroatoms. The molecule has 1 aliphatic rings. The molecule has 1 aromatic rings. The minimum Gasteiger partial charge on any atom is -0.383 e. The van der Waals surface area contributed by atoms with Crippen LogP contribution in [0.15, 0.2) is 24.3 Å². The lowest BCUT2D eigenvalue weighted by molar-refractivity contribution is -0.126. The topological polar surface area (TPSA) is 58.6 Å². The summed E-state index contributed by atoms with van der Waals surface area (Å²) < 4.78 is 4.94. The Bertz CT molecular complexity index is 542. The third-order valence-corrected chi connectivity index (χ3v) is 4.42. The minimum absolute atomic E-state index is 0.00638. The van der Waals surface area contributed by atoms with Gasteiger partial charge in [0, 0.05) is 31.8 Å². The van der Waals surface area contributed by atoms with Crippen LogP contribution in [0.4, 0.5) is 0 Å². The van der Waals surface area contributed by atoms with Gasteiger partial charge >= 0.3 is 0 Å². The van der Waals surface area contributed by atoms with E-state index in [2.05, 4.69) is 5.32 Å². The standard InChI is InChI=1S/C18H26N2O3/c1-13-4-7-15(8-5-13)18(22)20-12-16(9-6-14(20)2)17(21)19-10-11-23-3/h4-5,7-8,14,16H,6,9-12H2,1-3H3,(H,19,21)/t14-,16+/m0/s1. The number of nitrogens with one attached hydrogen (secondary N) is 1. The number of carbonyl (C=O) groups excluding carboxylic acids is 2. The van der Waals surface area contributed by atoms with Gasteiger partial charge in [0.15, 0.2) is 0 Å². The summed E-state index contributed by atoms with van der Waals surface area (Å²) in [4.78, 5) is 26.8. The lowest BCUT2D eigenvalue weighted by Gasteiger charge is -2.37. The molecule has 0 bridgehead atoms. The molecule has 1 aromatic carbocycles. The molecule has 0 aromatic heterocycles. The number of hydrogen-bond donors (Lipinski definition) is 1. The SMILES string of the molecule is COCCNC(=O)[C@@H]1CC[C@H](C)N(C(=O)c2ccc(C)cc2)C1. The van der Waals surface area contributed by atoms with Crippen LogP contribution in [0.1, 0.15) is 35.7 Å². The van der Waals surface area contributed by atoms with Crippen molar-refractivity contribution in [3.8, 4) is 0 Å². The van der Waals surface area contributed by atoms with Crippen molar-refractivity contribution in [2.75, 3.05) is 26.8 Å². The van der Waals surface area contributed by atoms with Crippen molar-refractivity contribution >= 4 is 11.8 Å². The maximum atomic E-state index is 12.7. The Hall–Kier alpha value is -1.88. The second kappa shape index (κ2) is 8.11. The van der Waals surface area contributed by atoms with Crippen molar-refractivity contribution in [3.63, 3.8) is 0 Å². The number of piperidine rings is 1. The molecule has 5 nitrogen and oxygen atoms in total. The van der Waals surface area contributed by atoms with Gasteiger partial charge in [-0.1, -0.05) is 17.7 Å². The molecular formula is C18H26N2O3. The molecule has 2 atom stereocenters. The van der Waals surface area contributed by atoms with Gasteiger partial charge in [-0.25, -0.2) is 0 Å². The summed E-state index contributed by atoms with van der Waals surface area (Å²) in [6.07, 6.45) is 1.66. The van der Waals surface area contributed by atoms with E-state index < -0.39 is 0 Å². The molecule has 0 radical (unpaired) electrons. The molecule has 2 amide bonds. The highest BCUT2D eigenvalue weighted by atomic mass is 16.5. The maximum absolute atomic E-state index is 12.7. The van der Waals surface area contributed by atoms with Gasteiger partial charge in [-0.3, -0.25) is 9.59 Å². The lowest BCUT2D eigenvalue weighted by Crippen LogP contribution is -2.49. The number of benzene rings is 1. The summed E-state index contributed by atoms with van der Waals surface area (Å²) in [5.74, 6) is -0.125. The summed E-state index contributed by atoms with van der Waals surface area (Å²) in [6.45, 7) is 5.53. The van der Waals surface area contributed by atoms with Crippen molar-refractivity contribution in [1.29, 1.82) is 0 Å². The van der Waals surface area contributed by atoms with Gasteiger partial charge in [0.2, 0.25) is 5.91 Å². The van der Waals surface area contributed by atoms with Crippen LogP contribution in [0.2, 0.25) is 0 Å². The average Bonchev–Trinajstić information content (AvgIpc) is 2.55. The van der Waals surface area contributed by atoms with Crippen LogP contribution in [0, 0.1) is 12.8 Å². The van der Waals surface area contributed by atoms with E-state index >= 15 is 0 Å². The first-order valence-electron chi connectivity index (χ1n) is 8.17. The molecule has 1 heterocycles. The first kappa shape index (κ1) is 17.5. The third-order valence-electron chi connectivity index (χ3n) is 4.42. The maximum Gasteiger partial charge on any atom is 0.254 e. The number of aryl methyl sites for hydroxylation is 1. The lowest BCUT2D eigenvalue weighted by atomic mass is 9.92. The molecule has 0 aliphatic carbocycles. The number of carbonyl (C=O) groups is 2. The highest BCUT2D eigenvalue weighted by molar-refractivity contribution is 5.95. The Morgan fingerprint density at radius 2 is 1.96 bits per heavy atom. The van der Waals surface area contributed by atoms with E-state index in [9.17, 15) is 9.59 Å². The van der Waals surface area contributed by atoms with Crippen LogP contribution < -0.4 is 5.32 Å². The molecule has 1 aliphatic heterocycles. The first-order valence-corrected chi connectivity index (χ1v) is 8.17. The van der Waals surface area contributed by atoms with Crippen LogP contribution in [-0.4, -0.2) is 49.6 Å². The van der Waals surface area contributed by atoms with Gasteiger partial charge in [0.05, 0.1) is 12.5 Å². The van der Waals surface area contributed by atoms with Gasteiger partial charge < -0.3 is 15.0 Å². The summed E-state index contributed by atoms with van der Waals surface area (Å²) in [5, 5.41) is 2.87. The highest BCUT2D eigenvalue weighted by Gasteiger charge is 2.32. The van der Waals surface area contributed by atoms with Gasteiger partial charge in [-0.15, -0.1) is 0 Å². The van der Waals surface area contributed by atoms with Crippen molar-refractivity contribution in [1.82, 2.24) is 10.2 Å². The van der Waals surface area contributed by atoms with Gasteiger partial charge in [0.1, 0.15) is 0 Å². The predicted octanol–water partition coefficient (Wildman–Crippen LogP) is 2.00. The molecule has 0 spiro atoms. The molecular weight excluding hydrogens is 292 g/mol. The van der Waals surface area contributed by atoms with Crippen molar-refractivity contribution in [2.24, 2.45) is 5.92 Å². The third kappa shape index (κ3) is 4.55. The van der Waals surface area contributed by atoms with Crippen molar-refractivity contribution in [2.45, 2.75) is 32.7 Å². The molecule has 0 saturated carbocycles. The molecule has 1 fully saturated rings. The van der Waals surface area contributed by atoms with Gasteiger partial charge in [-0.2, -0.15) is 0 Å². The number of ether oxygens (including phenoxy) is 1. The Morgan fingerprint density at radius 3 is 2.61 bits per heavy atom. The average molecular weight is 318 g/mol. The monoisotopic (exact) mass is 318 g/mol. The fourth-order valence-electron chi connectivity index (χ4n) is 2.89. The zero-order chi connectivity index (χ0) is 16.8. The smallest absolute Gasteiger partial charge is 0.254 e. The van der Waals surface area contributed by atoms with Crippen LogP contribution in [0.25, 0.3) is 0 Å². The molecule has 0 unspecified atom stereocenters. The summed E-state index contributed by atoms with van der Waals surface area (Å²) >= 11 is 0. The number of amides is 2. The Labute approximate surface area is 138 Å². The first-order chi connectivity index (χ1) is 11.0. The minimum atomic E-state index is -0.141. The van der Waals surface area contributed by atoms with E-state index in [1.165, 1.54) is 0 Å². The Kier molecular flexibility index (Phi) is 6.16. The number of hydrogen-bond acceptors (Lipinski definition) is 3. The second-order valence-electron chi connectivity index (χ2n) is 6.23. The number of rotatable bonds is 5. The fraction of sp³-hybridized carbons (Fsp3) is 0.556. The van der Waals surface area contributed by atoms with E-state index in [1.807, 2.05) is 43.0 Å². The van der Waals surface area contributed by atoms with Gasteiger partial charge in [0.25, 0.3) is 5.91 Å². The summed E-state index contributed by atoms with van der Waals surface area (Å²) in [6, 6.07) is 7.75. The Morgan fingerprint density at radius 1 is 1.26 bits per heavy atom. The molecule has 126 valence electrons. The molecule has 2 rings (SSSR count). The summed E-state index contributed by atoms with van der Waals surface area (Å²) in [5.41, 5.74) is 1.81. The normalized spacial score (nSPS) is 21.1. The number of methoxy groups -OCH3 is 1. The number of likely N-dealkylation sites (tertiary alicyclic amines) is 1. The van der Waals surface area contributed by atoms with Crippen LogP contribution in [-0.2, 0) is 9.53 Å². The van der Waals surface area contributed by atoms with Crippen LogP contribution in [0.5, 0.6) is 0 Å². The van der Waals surface area contributed by atoms with E-state index in [-0.39, 0.29) is 23.8 Å². The van der Waals surface area contributed by atoms with Crippen molar-refractivity contribution < 1.29 is 14.3 Å². The van der Waals surface area contributed by atoms with Crippen LogP contribution in [0.3, 0.4) is 0 Å². The highest BCUT2D eigenvalue weighted by Crippen LogP contribution is 2.24. The van der Waals surface area contributed by atoms with E-state index in [1.54, 1.807) is 7.11 Å². The summed E-state index contributed by atoms with van der Waals surface area (Å²) in [7, 11) is 1.61. The Balaban J connectivity index is 2.01. The largest absolute Gasteiger partial charge is 0.383 e. The zero-order valence-electron chi connectivity index (χ0n) is 14.2. The molecule has 23 heavy (non-hydrogen) atoms. The van der Waals surface area contributed by atoms with E-state index in [0.717, 1.165) is 18.4 Å². The fourth-order valence-corrected chi connectivity index (χ4v) is 2.89.